The molecule has 1 aliphatic rings. The van der Waals surface area contributed by atoms with E-state index in [0.717, 1.165) is 50.4 Å². The summed E-state index contributed by atoms with van der Waals surface area (Å²) in [4.78, 5) is 6.09. The molecule has 27 heavy (non-hydrogen) atoms. The normalized spacial score (nSPS) is 18.0. The highest BCUT2D eigenvalue weighted by Gasteiger charge is 2.29. The van der Waals surface area contributed by atoms with E-state index in [1.807, 2.05) is 11.9 Å². The molecule has 2 rings (SSSR count). The standard InChI is InChI=1S/C19H28F3N3O2/c1-23-18(24-9-3-10-26-13-16-8-11-27-14-16)25(2)12-15-4-6-17(7-5-15)19(20,21)22/h4-7,16H,3,8-14H2,1-2H3,(H,23,24). The lowest BCUT2D eigenvalue weighted by molar-refractivity contribution is -0.137. The van der Waals surface area contributed by atoms with E-state index in [0.29, 0.717) is 31.6 Å². The topological polar surface area (TPSA) is 46.1 Å². The van der Waals surface area contributed by atoms with Crippen LogP contribution < -0.4 is 5.32 Å². The van der Waals surface area contributed by atoms with Crippen LogP contribution in [0.1, 0.15) is 24.0 Å². The zero-order valence-electron chi connectivity index (χ0n) is 15.9. The van der Waals surface area contributed by atoms with Gasteiger partial charge in [-0.25, -0.2) is 0 Å². The van der Waals surface area contributed by atoms with Gasteiger partial charge in [-0.3, -0.25) is 4.99 Å². The molecule has 1 aromatic carbocycles. The molecule has 1 heterocycles. The van der Waals surface area contributed by atoms with E-state index in [9.17, 15) is 13.2 Å². The molecule has 0 spiro atoms. The molecule has 0 saturated carbocycles. The van der Waals surface area contributed by atoms with Crippen molar-refractivity contribution in [2.45, 2.75) is 25.6 Å². The molecule has 1 aliphatic heterocycles. The van der Waals surface area contributed by atoms with Gasteiger partial charge in [0.25, 0.3) is 0 Å². The molecule has 1 atom stereocenters. The fraction of sp³-hybridized carbons (Fsp3) is 0.632. The number of hydrogen-bond donors (Lipinski definition) is 1. The van der Waals surface area contributed by atoms with Gasteiger partial charge in [-0.15, -0.1) is 0 Å². The van der Waals surface area contributed by atoms with Crippen molar-refractivity contribution in [1.82, 2.24) is 10.2 Å². The second kappa shape index (κ2) is 10.5. The highest BCUT2D eigenvalue weighted by molar-refractivity contribution is 5.79. The second-order valence-corrected chi connectivity index (χ2v) is 6.68. The van der Waals surface area contributed by atoms with Crippen LogP contribution in [0.4, 0.5) is 13.2 Å². The molecule has 0 bridgehead atoms. The molecule has 5 nitrogen and oxygen atoms in total. The third-order valence-corrected chi connectivity index (χ3v) is 4.40. The van der Waals surface area contributed by atoms with Gasteiger partial charge in [0.1, 0.15) is 0 Å². The Morgan fingerprint density at radius 3 is 2.67 bits per heavy atom. The largest absolute Gasteiger partial charge is 0.416 e. The molecule has 1 unspecified atom stereocenters. The fourth-order valence-corrected chi connectivity index (χ4v) is 2.87. The Morgan fingerprint density at radius 2 is 2.07 bits per heavy atom. The molecule has 0 radical (unpaired) electrons. The molecule has 1 aromatic rings. The molecule has 0 aliphatic carbocycles. The summed E-state index contributed by atoms with van der Waals surface area (Å²) < 4.78 is 48.8. The van der Waals surface area contributed by atoms with E-state index < -0.39 is 11.7 Å². The minimum atomic E-state index is -4.31. The van der Waals surface area contributed by atoms with Crippen molar-refractivity contribution >= 4 is 5.96 Å². The van der Waals surface area contributed by atoms with Gasteiger partial charge < -0.3 is 19.7 Å². The van der Waals surface area contributed by atoms with E-state index in [1.54, 1.807) is 7.05 Å². The van der Waals surface area contributed by atoms with Gasteiger partial charge in [-0.1, -0.05) is 12.1 Å². The molecule has 0 amide bonds. The zero-order chi connectivity index (χ0) is 19.7. The third kappa shape index (κ3) is 7.38. The maximum Gasteiger partial charge on any atom is 0.416 e. The van der Waals surface area contributed by atoms with Crippen LogP contribution in [0.2, 0.25) is 0 Å². The van der Waals surface area contributed by atoms with Crippen LogP contribution in [0.3, 0.4) is 0 Å². The van der Waals surface area contributed by atoms with Gasteiger partial charge in [0, 0.05) is 46.3 Å². The smallest absolute Gasteiger partial charge is 0.381 e. The Balaban J connectivity index is 1.68. The Bertz CT molecular complexity index is 585. The summed E-state index contributed by atoms with van der Waals surface area (Å²) in [6, 6.07) is 5.19. The lowest BCUT2D eigenvalue weighted by Crippen LogP contribution is -2.39. The Kier molecular flexibility index (Phi) is 8.37. The number of benzene rings is 1. The van der Waals surface area contributed by atoms with E-state index in [4.69, 9.17) is 9.47 Å². The van der Waals surface area contributed by atoms with Gasteiger partial charge in [-0.2, -0.15) is 13.2 Å². The molecule has 152 valence electrons. The van der Waals surface area contributed by atoms with Crippen molar-refractivity contribution in [3.05, 3.63) is 35.4 Å². The maximum absolute atomic E-state index is 12.6. The predicted octanol–water partition coefficient (Wildman–Crippen LogP) is 3.16. The minimum absolute atomic E-state index is 0.468. The van der Waals surface area contributed by atoms with E-state index in [2.05, 4.69) is 10.3 Å². The van der Waals surface area contributed by atoms with Crippen LogP contribution in [-0.4, -0.2) is 57.9 Å². The number of rotatable bonds is 8. The first kappa shape index (κ1) is 21.5. The van der Waals surface area contributed by atoms with Crippen LogP contribution >= 0.6 is 0 Å². The van der Waals surface area contributed by atoms with Crippen LogP contribution in [-0.2, 0) is 22.2 Å². The van der Waals surface area contributed by atoms with Crippen LogP contribution in [0.15, 0.2) is 29.3 Å². The molecule has 1 saturated heterocycles. The van der Waals surface area contributed by atoms with Gasteiger partial charge in [0.05, 0.1) is 18.8 Å². The number of alkyl halides is 3. The molecule has 1 fully saturated rings. The van der Waals surface area contributed by atoms with Crippen molar-refractivity contribution < 1.29 is 22.6 Å². The van der Waals surface area contributed by atoms with Gasteiger partial charge in [0.15, 0.2) is 5.96 Å². The van der Waals surface area contributed by atoms with Crippen molar-refractivity contribution in [2.24, 2.45) is 10.9 Å². The second-order valence-electron chi connectivity index (χ2n) is 6.68. The molecule has 0 aromatic heterocycles. The molecular weight excluding hydrogens is 359 g/mol. The van der Waals surface area contributed by atoms with Crippen molar-refractivity contribution in [3.63, 3.8) is 0 Å². The van der Waals surface area contributed by atoms with Crippen molar-refractivity contribution in [1.29, 1.82) is 0 Å². The highest BCUT2D eigenvalue weighted by Crippen LogP contribution is 2.29. The number of nitrogens with one attached hydrogen (secondary N) is 1. The molecular formula is C19H28F3N3O2. The summed E-state index contributed by atoms with van der Waals surface area (Å²) in [6.07, 6.45) is -2.39. The van der Waals surface area contributed by atoms with Gasteiger partial charge >= 0.3 is 6.18 Å². The van der Waals surface area contributed by atoms with E-state index in [1.165, 1.54) is 12.1 Å². The quantitative estimate of drug-likeness (QED) is 0.423. The monoisotopic (exact) mass is 387 g/mol. The summed E-state index contributed by atoms with van der Waals surface area (Å²) in [5.74, 6) is 1.21. The maximum atomic E-state index is 12.6. The average Bonchev–Trinajstić information content (AvgIpc) is 3.14. The first-order chi connectivity index (χ1) is 12.9. The summed E-state index contributed by atoms with van der Waals surface area (Å²) in [5, 5.41) is 3.24. The Hall–Kier alpha value is -1.80. The lowest BCUT2D eigenvalue weighted by atomic mass is 10.1. The van der Waals surface area contributed by atoms with Crippen molar-refractivity contribution in [2.75, 3.05) is 47.1 Å². The lowest BCUT2D eigenvalue weighted by Gasteiger charge is -2.22. The van der Waals surface area contributed by atoms with Gasteiger partial charge in [0.2, 0.25) is 0 Å². The average molecular weight is 387 g/mol. The number of ether oxygens (including phenoxy) is 2. The SMILES string of the molecule is CN=C(NCCCOCC1CCOC1)N(C)Cc1ccc(C(F)(F)F)cc1. The molecule has 1 N–H and O–H groups in total. The fourth-order valence-electron chi connectivity index (χ4n) is 2.87. The highest BCUT2D eigenvalue weighted by atomic mass is 19.4. The van der Waals surface area contributed by atoms with Crippen LogP contribution in [0.25, 0.3) is 0 Å². The predicted molar refractivity (Wildman–Crippen MR) is 98.6 cm³/mol. The minimum Gasteiger partial charge on any atom is -0.381 e. The Morgan fingerprint density at radius 1 is 1.33 bits per heavy atom. The van der Waals surface area contributed by atoms with Crippen LogP contribution in [0.5, 0.6) is 0 Å². The summed E-state index contributed by atoms with van der Waals surface area (Å²) in [7, 11) is 3.53. The van der Waals surface area contributed by atoms with Crippen molar-refractivity contribution in [3.8, 4) is 0 Å². The van der Waals surface area contributed by atoms with E-state index in [-0.39, 0.29) is 0 Å². The number of nitrogens with zero attached hydrogens (tertiary/aromatic N) is 2. The summed E-state index contributed by atoms with van der Waals surface area (Å²) >= 11 is 0. The zero-order valence-corrected chi connectivity index (χ0v) is 15.9. The number of guanidine groups is 1. The van der Waals surface area contributed by atoms with Gasteiger partial charge in [-0.05, 0) is 30.5 Å². The first-order valence-corrected chi connectivity index (χ1v) is 9.13. The first-order valence-electron chi connectivity index (χ1n) is 9.13. The summed E-state index contributed by atoms with van der Waals surface area (Å²) in [5.41, 5.74) is 0.149. The Labute approximate surface area is 158 Å². The molecule has 8 heteroatoms. The number of aliphatic imine (C=N–C) groups is 1. The number of halogens is 3. The van der Waals surface area contributed by atoms with Crippen LogP contribution in [0, 0.1) is 5.92 Å². The summed E-state index contributed by atoms with van der Waals surface area (Å²) in [6.45, 7) is 4.21. The number of hydrogen-bond acceptors (Lipinski definition) is 3. The van der Waals surface area contributed by atoms with E-state index >= 15 is 0 Å². The third-order valence-electron chi connectivity index (χ3n) is 4.40.